The molecule has 0 spiro atoms. The van der Waals surface area contributed by atoms with E-state index in [1.165, 1.54) is 31.4 Å². The highest BCUT2D eigenvalue weighted by Gasteiger charge is 2.13. The van der Waals surface area contributed by atoms with Gasteiger partial charge in [-0.2, -0.15) is 11.8 Å². The minimum atomic E-state index is 0.184. The second kappa shape index (κ2) is 10.2. The average molecular weight is 355 g/mol. The average Bonchev–Trinajstić information content (AvgIpc) is 2.43. The normalized spacial score (nSPS) is 12.7. The third-order valence-electron chi connectivity index (χ3n) is 3.26. The van der Waals surface area contributed by atoms with E-state index in [-0.39, 0.29) is 6.04 Å². The number of hydrogen-bond donors (Lipinski definition) is 1. The SMILES string of the molecule is CSCCCCCCNC(C)c1ccc(Cl)c(Cl)c1Cl. The molecule has 5 heteroatoms. The van der Waals surface area contributed by atoms with E-state index in [1.807, 2.05) is 17.8 Å². The van der Waals surface area contributed by atoms with Gasteiger partial charge in [0.15, 0.2) is 0 Å². The summed E-state index contributed by atoms with van der Waals surface area (Å²) < 4.78 is 0. The van der Waals surface area contributed by atoms with Crippen LogP contribution in [-0.4, -0.2) is 18.6 Å². The summed E-state index contributed by atoms with van der Waals surface area (Å²) in [5.41, 5.74) is 1.00. The number of thioether (sulfide) groups is 1. The molecule has 0 aliphatic rings. The van der Waals surface area contributed by atoms with Gasteiger partial charge in [0.2, 0.25) is 0 Å². The van der Waals surface area contributed by atoms with Gasteiger partial charge in [0, 0.05) is 6.04 Å². The van der Waals surface area contributed by atoms with Crippen LogP contribution in [0.15, 0.2) is 12.1 Å². The van der Waals surface area contributed by atoms with Gasteiger partial charge in [0.1, 0.15) is 0 Å². The number of hydrogen-bond acceptors (Lipinski definition) is 2. The summed E-state index contributed by atoms with van der Waals surface area (Å²) in [6.07, 6.45) is 7.25. The maximum absolute atomic E-state index is 6.23. The molecule has 0 aliphatic carbocycles. The monoisotopic (exact) mass is 353 g/mol. The molecule has 114 valence electrons. The molecule has 1 N–H and O–H groups in total. The van der Waals surface area contributed by atoms with Gasteiger partial charge in [0.25, 0.3) is 0 Å². The Kier molecular flexibility index (Phi) is 9.39. The first-order valence-corrected chi connectivity index (χ1v) is 9.46. The minimum absolute atomic E-state index is 0.184. The summed E-state index contributed by atoms with van der Waals surface area (Å²) in [6.45, 7) is 3.09. The Labute approximate surface area is 141 Å². The fourth-order valence-electron chi connectivity index (χ4n) is 2.03. The standard InChI is InChI=1S/C15H22Cl3NS/c1-11(19-9-5-3-4-6-10-20-2)12-7-8-13(16)15(18)14(12)17/h7-8,11,19H,3-6,9-10H2,1-2H3. The molecule has 1 aromatic rings. The molecule has 0 heterocycles. The van der Waals surface area contributed by atoms with Gasteiger partial charge in [-0.3, -0.25) is 0 Å². The molecule has 0 aliphatic heterocycles. The van der Waals surface area contributed by atoms with E-state index in [1.54, 1.807) is 6.07 Å². The number of rotatable bonds is 9. The summed E-state index contributed by atoms with van der Waals surface area (Å²) in [7, 11) is 0. The van der Waals surface area contributed by atoms with Gasteiger partial charge in [-0.1, -0.05) is 53.7 Å². The zero-order valence-corrected chi connectivity index (χ0v) is 15.1. The summed E-state index contributed by atoms with van der Waals surface area (Å²) in [5, 5.41) is 4.98. The molecule has 0 fully saturated rings. The Balaban J connectivity index is 2.33. The largest absolute Gasteiger partial charge is 0.310 e. The van der Waals surface area contributed by atoms with Crippen molar-refractivity contribution in [2.45, 2.75) is 38.6 Å². The van der Waals surface area contributed by atoms with Crippen LogP contribution in [0.5, 0.6) is 0 Å². The Morgan fingerprint density at radius 3 is 2.45 bits per heavy atom. The van der Waals surface area contributed by atoms with E-state index in [0.29, 0.717) is 15.1 Å². The lowest BCUT2D eigenvalue weighted by molar-refractivity contribution is 0.537. The summed E-state index contributed by atoms with van der Waals surface area (Å²) >= 11 is 20.2. The van der Waals surface area contributed by atoms with Gasteiger partial charge in [-0.15, -0.1) is 0 Å². The summed E-state index contributed by atoms with van der Waals surface area (Å²) in [6, 6.07) is 3.92. The Hall–Kier alpha value is 0.400. The topological polar surface area (TPSA) is 12.0 Å². The summed E-state index contributed by atoms with van der Waals surface area (Å²) in [5.74, 6) is 1.27. The van der Waals surface area contributed by atoms with Crippen molar-refractivity contribution >= 4 is 46.6 Å². The molecule has 0 saturated heterocycles. The van der Waals surface area contributed by atoms with Crippen molar-refractivity contribution in [3.63, 3.8) is 0 Å². The molecule has 0 bridgehead atoms. The second-order valence-electron chi connectivity index (χ2n) is 4.85. The maximum Gasteiger partial charge on any atom is 0.0781 e. The van der Waals surface area contributed by atoms with Crippen molar-refractivity contribution < 1.29 is 0 Å². The van der Waals surface area contributed by atoms with Gasteiger partial charge < -0.3 is 5.32 Å². The van der Waals surface area contributed by atoms with Gasteiger partial charge >= 0.3 is 0 Å². The lowest BCUT2D eigenvalue weighted by Crippen LogP contribution is -2.20. The van der Waals surface area contributed by atoms with Crippen molar-refractivity contribution in [2.75, 3.05) is 18.6 Å². The lowest BCUT2D eigenvalue weighted by atomic mass is 10.1. The minimum Gasteiger partial charge on any atom is -0.310 e. The van der Waals surface area contributed by atoms with Crippen molar-refractivity contribution in [3.05, 3.63) is 32.8 Å². The molecule has 0 aromatic heterocycles. The molecule has 1 rings (SSSR count). The zero-order chi connectivity index (χ0) is 15.0. The smallest absolute Gasteiger partial charge is 0.0781 e. The van der Waals surface area contributed by atoms with Crippen LogP contribution in [0.1, 0.15) is 44.2 Å². The highest BCUT2D eigenvalue weighted by atomic mass is 35.5. The van der Waals surface area contributed by atoms with Crippen LogP contribution in [0.4, 0.5) is 0 Å². The number of nitrogens with one attached hydrogen (secondary N) is 1. The van der Waals surface area contributed by atoms with E-state index < -0.39 is 0 Å². The van der Waals surface area contributed by atoms with Crippen molar-refractivity contribution in [1.29, 1.82) is 0 Å². The number of halogens is 3. The Bertz CT molecular complexity index is 412. The predicted molar refractivity (Wildman–Crippen MR) is 94.7 cm³/mol. The fourth-order valence-corrected chi connectivity index (χ4v) is 3.23. The second-order valence-corrected chi connectivity index (χ2v) is 7.00. The van der Waals surface area contributed by atoms with E-state index in [2.05, 4.69) is 18.5 Å². The van der Waals surface area contributed by atoms with Gasteiger partial charge in [-0.25, -0.2) is 0 Å². The van der Waals surface area contributed by atoms with E-state index in [4.69, 9.17) is 34.8 Å². The first-order chi connectivity index (χ1) is 9.57. The van der Waals surface area contributed by atoms with Crippen LogP contribution in [0.25, 0.3) is 0 Å². The van der Waals surface area contributed by atoms with E-state index in [9.17, 15) is 0 Å². The molecule has 0 saturated carbocycles. The molecule has 1 unspecified atom stereocenters. The molecule has 1 aromatic carbocycles. The lowest BCUT2D eigenvalue weighted by Gasteiger charge is -2.16. The molecular weight excluding hydrogens is 333 g/mol. The quantitative estimate of drug-likeness (QED) is 0.417. The van der Waals surface area contributed by atoms with Crippen molar-refractivity contribution in [1.82, 2.24) is 5.32 Å². The van der Waals surface area contributed by atoms with Crippen LogP contribution in [-0.2, 0) is 0 Å². The third-order valence-corrected chi connectivity index (χ3v) is 5.26. The molecule has 0 amide bonds. The zero-order valence-electron chi connectivity index (χ0n) is 12.0. The van der Waals surface area contributed by atoms with Crippen LogP contribution < -0.4 is 5.32 Å². The van der Waals surface area contributed by atoms with E-state index >= 15 is 0 Å². The maximum atomic E-state index is 6.23. The van der Waals surface area contributed by atoms with Crippen molar-refractivity contribution in [3.8, 4) is 0 Å². The van der Waals surface area contributed by atoms with Gasteiger partial charge in [-0.05, 0) is 49.9 Å². The van der Waals surface area contributed by atoms with Crippen LogP contribution in [0.3, 0.4) is 0 Å². The van der Waals surface area contributed by atoms with Crippen LogP contribution >= 0.6 is 46.6 Å². The molecule has 20 heavy (non-hydrogen) atoms. The molecular formula is C15H22Cl3NS. The predicted octanol–water partition coefficient (Wildman–Crippen LogP) is 6.22. The van der Waals surface area contributed by atoms with Crippen LogP contribution in [0, 0.1) is 0 Å². The molecule has 0 radical (unpaired) electrons. The first-order valence-electron chi connectivity index (χ1n) is 6.93. The van der Waals surface area contributed by atoms with Crippen molar-refractivity contribution in [2.24, 2.45) is 0 Å². The fraction of sp³-hybridized carbons (Fsp3) is 0.600. The number of unbranched alkanes of at least 4 members (excludes halogenated alkanes) is 3. The van der Waals surface area contributed by atoms with E-state index in [0.717, 1.165) is 12.1 Å². The molecule has 1 atom stereocenters. The third kappa shape index (κ3) is 6.03. The Morgan fingerprint density at radius 2 is 1.75 bits per heavy atom. The van der Waals surface area contributed by atoms with Gasteiger partial charge in [0.05, 0.1) is 15.1 Å². The first kappa shape index (κ1) is 18.4. The molecule has 1 nitrogen and oxygen atoms in total. The highest BCUT2D eigenvalue weighted by Crippen LogP contribution is 2.35. The Morgan fingerprint density at radius 1 is 1.05 bits per heavy atom. The highest BCUT2D eigenvalue weighted by molar-refractivity contribution is 7.98. The van der Waals surface area contributed by atoms with Crippen LogP contribution in [0.2, 0.25) is 15.1 Å². The number of benzene rings is 1. The summed E-state index contributed by atoms with van der Waals surface area (Å²) in [4.78, 5) is 0.